The highest BCUT2D eigenvalue weighted by Gasteiger charge is 2.26. The predicted molar refractivity (Wildman–Crippen MR) is 117 cm³/mol. The fourth-order valence-corrected chi connectivity index (χ4v) is 3.39. The molecule has 0 spiro atoms. The first-order valence-corrected chi connectivity index (χ1v) is 10.4. The van der Waals surface area contributed by atoms with E-state index in [2.05, 4.69) is 21.2 Å². The van der Waals surface area contributed by atoms with Crippen molar-refractivity contribution in [3.05, 3.63) is 69.7 Å². The Kier molecular flexibility index (Phi) is 8.24. The highest BCUT2D eigenvalue weighted by Crippen LogP contribution is 2.17. The van der Waals surface area contributed by atoms with Crippen LogP contribution >= 0.6 is 15.9 Å². The molecule has 0 saturated heterocycles. The summed E-state index contributed by atoms with van der Waals surface area (Å²) in [6.45, 7) is 8.88. The number of rotatable bonds is 8. The Bertz CT molecular complexity index is 820. The smallest absolute Gasteiger partial charge is 0.242 e. The number of halogens is 1. The van der Waals surface area contributed by atoms with Gasteiger partial charge in [-0.2, -0.15) is 0 Å². The van der Waals surface area contributed by atoms with Gasteiger partial charge in [-0.15, -0.1) is 0 Å². The summed E-state index contributed by atoms with van der Waals surface area (Å²) in [4.78, 5) is 27.5. The van der Waals surface area contributed by atoms with E-state index in [9.17, 15) is 9.59 Å². The van der Waals surface area contributed by atoms with E-state index in [0.717, 1.165) is 21.2 Å². The van der Waals surface area contributed by atoms with Crippen LogP contribution in [0.4, 0.5) is 0 Å². The Morgan fingerprint density at radius 3 is 2.43 bits per heavy atom. The zero-order valence-electron chi connectivity index (χ0n) is 17.0. The first-order valence-electron chi connectivity index (χ1n) is 9.64. The summed E-state index contributed by atoms with van der Waals surface area (Å²) < 4.78 is 0.952. The van der Waals surface area contributed by atoms with E-state index in [1.807, 2.05) is 69.3 Å². The molecule has 2 amide bonds. The van der Waals surface area contributed by atoms with Gasteiger partial charge in [0, 0.05) is 17.6 Å². The molecule has 0 fully saturated rings. The molecule has 0 heterocycles. The average Bonchev–Trinajstić information content (AvgIpc) is 2.65. The summed E-state index contributed by atoms with van der Waals surface area (Å²) in [5, 5.41) is 2.95. The topological polar surface area (TPSA) is 49.4 Å². The molecule has 1 atom stereocenters. The molecule has 0 aliphatic rings. The third-order valence-electron chi connectivity index (χ3n) is 4.70. The predicted octanol–water partition coefficient (Wildman–Crippen LogP) is 4.49. The highest BCUT2D eigenvalue weighted by atomic mass is 79.9. The van der Waals surface area contributed by atoms with Gasteiger partial charge < -0.3 is 10.2 Å². The minimum Gasteiger partial charge on any atom is -0.354 e. The Hall–Kier alpha value is -2.14. The third-order valence-corrected chi connectivity index (χ3v) is 5.19. The van der Waals surface area contributed by atoms with Crippen molar-refractivity contribution >= 4 is 27.7 Å². The largest absolute Gasteiger partial charge is 0.354 e. The summed E-state index contributed by atoms with van der Waals surface area (Å²) in [5.41, 5.74) is 3.05. The van der Waals surface area contributed by atoms with Crippen molar-refractivity contribution in [1.29, 1.82) is 0 Å². The lowest BCUT2D eigenvalue weighted by Crippen LogP contribution is -2.48. The Morgan fingerprint density at radius 2 is 1.79 bits per heavy atom. The Balaban J connectivity index is 2.22. The molecule has 2 aromatic rings. The molecule has 1 N–H and O–H groups in total. The second-order valence-corrected chi connectivity index (χ2v) is 8.49. The molecular formula is C23H29BrN2O2. The first-order chi connectivity index (χ1) is 13.3. The molecule has 4 nitrogen and oxygen atoms in total. The first kappa shape index (κ1) is 22.2. The van der Waals surface area contributed by atoms with Crippen LogP contribution in [0.25, 0.3) is 0 Å². The standard InChI is InChI=1S/C23H29BrN2O2/c1-16(2)14-25-23(28)18(4)26(15-19-9-7-11-21(24)12-19)22(27)13-20-10-6-5-8-17(20)3/h5-12,16,18H,13-15H2,1-4H3,(H,25,28)/t18-/m1/s1. The maximum atomic E-state index is 13.2. The second kappa shape index (κ2) is 10.4. The minimum absolute atomic E-state index is 0.0542. The van der Waals surface area contributed by atoms with Crippen LogP contribution in [0.1, 0.15) is 37.5 Å². The highest BCUT2D eigenvalue weighted by molar-refractivity contribution is 9.10. The molecule has 0 unspecified atom stereocenters. The number of hydrogen-bond donors (Lipinski definition) is 1. The van der Waals surface area contributed by atoms with Gasteiger partial charge in [0.2, 0.25) is 11.8 Å². The molecule has 5 heteroatoms. The van der Waals surface area contributed by atoms with E-state index in [1.165, 1.54) is 0 Å². The van der Waals surface area contributed by atoms with Gasteiger partial charge in [-0.3, -0.25) is 9.59 Å². The third kappa shape index (κ3) is 6.48. The van der Waals surface area contributed by atoms with Crippen molar-refractivity contribution in [2.24, 2.45) is 5.92 Å². The molecule has 0 bridgehead atoms. The number of benzene rings is 2. The molecular weight excluding hydrogens is 416 g/mol. The molecule has 0 aliphatic carbocycles. The Labute approximate surface area is 176 Å². The molecule has 0 saturated carbocycles. The van der Waals surface area contributed by atoms with Crippen LogP contribution in [0, 0.1) is 12.8 Å². The van der Waals surface area contributed by atoms with Crippen molar-refractivity contribution < 1.29 is 9.59 Å². The fourth-order valence-electron chi connectivity index (χ4n) is 2.94. The van der Waals surface area contributed by atoms with E-state index < -0.39 is 6.04 Å². The summed E-state index contributed by atoms with van der Waals surface area (Å²) in [5.74, 6) is 0.181. The van der Waals surface area contributed by atoms with Crippen molar-refractivity contribution in [1.82, 2.24) is 10.2 Å². The quantitative estimate of drug-likeness (QED) is 0.651. The lowest BCUT2D eigenvalue weighted by atomic mass is 10.0. The van der Waals surface area contributed by atoms with Crippen LogP contribution < -0.4 is 5.32 Å². The van der Waals surface area contributed by atoms with Crippen molar-refractivity contribution in [2.45, 2.75) is 46.7 Å². The van der Waals surface area contributed by atoms with Gasteiger partial charge in [-0.25, -0.2) is 0 Å². The van der Waals surface area contributed by atoms with E-state index in [0.29, 0.717) is 19.0 Å². The summed E-state index contributed by atoms with van der Waals surface area (Å²) >= 11 is 3.48. The number of carbonyl (C=O) groups is 2. The summed E-state index contributed by atoms with van der Waals surface area (Å²) in [6, 6.07) is 15.2. The van der Waals surface area contributed by atoms with E-state index in [1.54, 1.807) is 11.8 Å². The zero-order chi connectivity index (χ0) is 20.7. The minimum atomic E-state index is -0.547. The summed E-state index contributed by atoms with van der Waals surface area (Å²) in [7, 11) is 0. The van der Waals surface area contributed by atoms with Crippen LogP contribution in [0.5, 0.6) is 0 Å². The van der Waals surface area contributed by atoms with Crippen molar-refractivity contribution in [2.75, 3.05) is 6.54 Å². The normalized spacial score (nSPS) is 11.9. The van der Waals surface area contributed by atoms with E-state index >= 15 is 0 Å². The monoisotopic (exact) mass is 444 g/mol. The lowest BCUT2D eigenvalue weighted by molar-refractivity contribution is -0.140. The number of aryl methyl sites for hydroxylation is 1. The second-order valence-electron chi connectivity index (χ2n) is 7.57. The molecule has 2 aromatic carbocycles. The van der Waals surface area contributed by atoms with Crippen LogP contribution in [-0.4, -0.2) is 29.3 Å². The average molecular weight is 445 g/mol. The van der Waals surface area contributed by atoms with Crippen molar-refractivity contribution in [3.8, 4) is 0 Å². The zero-order valence-corrected chi connectivity index (χ0v) is 18.6. The molecule has 0 aromatic heterocycles. The molecule has 2 rings (SSSR count). The molecule has 150 valence electrons. The number of amides is 2. The number of nitrogens with zero attached hydrogens (tertiary/aromatic N) is 1. The molecule has 0 aliphatic heterocycles. The van der Waals surface area contributed by atoms with Crippen LogP contribution in [0.15, 0.2) is 53.0 Å². The van der Waals surface area contributed by atoms with Gasteiger partial charge in [-0.1, -0.05) is 66.2 Å². The van der Waals surface area contributed by atoms with Crippen LogP contribution in [0.2, 0.25) is 0 Å². The van der Waals surface area contributed by atoms with E-state index in [-0.39, 0.29) is 18.2 Å². The van der Waals surface area contributed by atoms with Gasteiger partial charge in [0.25, 0.3) is 0 Å². The summed E-state index contributed by atoms with van der Waals surface area (Å²) in [6.07, 6.45) is 0.280. The van der Waals surface area contributed by atoms with Gasteiger partial charge in [0.15, 0.2) is 0 Å². The van der Waals surface area contributed by atoms with E-state index in [4.69, 9.17) is 0 Å². The van der Waals surface area contributed by atoms with Gasteiger partial charge in [0.05, 0.1) is 6.42 Å². The molecule has 0 radical (unpaired) electrons. The van der Waals surface area contributed by atoms with Gasteiger partial charge in [0.1, 0.15) is 6.04 Å². The lowest BCUT2D eigenvalue weighted by Gasteiger charge is -2.29. The maximum absolute atomic E-state index is 13.2. The molecule has 28 heavy (non-hydrogen) atoms. The number of carbonyl (C=O) groups excluding carboxylic acids is 2. The Morgan fingerprint density at radius 1 is 1.07 bits per heavy atom. The van der Waals surface area contributed by atoms with Crippen molar-refractivity contribution in [3.63, 3.8) is 0 Å². The maximum Gasteiger partial charge on any atom is 0.242 e. The number of nitrogens with one attached hydrogen (secondary N) is 1. The SMILES string of the molecule is Cc1ccccc1CC(=O)N(Cc1cccc(Br)c1)[C@H](C)C(=O)NCC(C)C. The van der Waals surface area contributed by atoms with Gasteiger partial charge >= 0.3 is 0 Å². The van der Waals surface area contributed by atoms with Gasteiger partial charge in [-0.05, 0) is 48.6 Å². The fraction of sp³-hybridized carbons (Fsp3) is 0.391. The van der Waals surface area contributed by atoms with Crippen LogP contribution in [0.3, 0.4) is 0 Å². The number of hydrogen-bond acceptors (Lipinski definition) is 2. The van der Waals surface area contributed by atoms with Crippen LogP contribution in [-0.2, 0) is 22.6 Å².